The largest absolute Gasteiger partial charge is 0.376 e. The van der Waals surface area contributed by atoms with Gasteiger partial charge in [0.05, 0.1) is 31.6 Å². The van der Waals surface area contributed by atoms with Gasteiger partial charge in [0.1, 0.15) is 10.6 Å². The Balaban J connectivity index is 1.47. The van der Waals surface area contributed by atoms with Crippen molar-refractivity contribution in [1.82, 2.24) is 9.29 Å². The molecule has 2 aliphatic rings. The molecule has 1 amide bonds. The van der Waals surface area contributed by atoms with E-state index < -0.39 is 15.9 Å². The van der Waals surface area contributed by atoms with Crippen molar-refractivity contribution in [2.45, 2.75) is 30.9 Å². The van der Waals surface area contributed by atoms with Crippen LogP contribution in [0.1, 0.15) is 28.0 Å². The normalized spacial score (nSPS) is 20.8. The highest BCUT2D eigenvalue weighted by Gasteiger charge is 2.30. The van der Waals surface area contributed by atoms with Gasteiger partial charge in [-0.2, -0.15) is 0 Å². The van der Waals surface area contributed by atoms with Gasteiger partial charge < -0.3 is 20.1 Å². The van der Waals surface area contributed by atoms with E-state index in [2.05, 4.69) is 10.6 Å². The molecule has 1 aromatic heterocycles. The topological polar surface area (TPSA) is 98.7 Å². The quantitative estimate of drug-likeness (QED) is 0.732. The number of hydrogen-bond donors (Lipinski definition) is 2. The summed E-state index contributed by atoms with van der Waals surface area (Å²) >= 11 is 0. The Hall–Kier alpha value is -2.20. The van der Waals surface area contributed by atoms with Crippen LogP contribution in [0.2, 0.25) is 0 Å². The summed E-state index contributed by atoms with van der Waals surface area (Å²) in [5, 5.41) is 6.05. The fourth-order valence-corrected chi connectivity index (χ4v) is 4.98. The van der Waals surface area contributed by atoms with E-state index in [1.165, 1.54) is 6.20 Å². The third-order valence-electron chi connectivity index (χ3n) is 4.84. The zero-order chi connectivity index (χ0) is 19.7. The van der Waals surface area contributed by atoms with E-state index in [9.17, 15) is 13.2 Å². The van der Waals surface area contributed by atoms with Crippen LogP contribution in [0.4, 0.5) is 5.69 Å². The minimum absolute atomic E-state index is 0.0895. The van der Waals surface area contributed by atoms with Crippen molar-refractivity contribution >= 4 is 21.6 Å². The average molecular weight is 405 g/mol. The molecule has 1 fully saturated rings. The molecule has 2 aromatic rings. The molecule has 3 heterocycles. The number of ether oxygens (including phenoxy) is 2. The first-order valence-electron chi connectivity index (χ1n) is 9.24. The molecule has 4 rings (SSSR count). The molecule has 0 unspecified atom stereocenters. The van der Waals surface area contributed by atoms with Gasteiger partial charge in [-0.05, 0) is 49.2 Å². The number of nitrogens with zero attached hydrogens (tertiary/aromatic N) is 1. The first kappa shape index (κ1) is 19.1. The van der Waals surface area contributed by atoms with Crippen LogP contribution in [0.25, 0.3) is 0 Å². The lowest BCUT2D eigenvalue weighted by Gasteiger charge is -2.22. The van der Waals surface area contributed by atoms with Gasteiger partial charge in [-0.3, -0.25) is 4.79 Å². The molecule has 0 radical (unpaired) electrons. The number of nitrogens with one attached hydrogen (secondary N) is 2. The molecule has 28 heavy (non-hydrogen) atoms. The molecular formula is C19H23N3O5S. The highest BCUT2D eigenvalue weighted by Crippen LogP contribution is 2.30. The van der Waals surface area contributed by atoms with Crippen LogP contribution in [-0.2, 0) is 26.0 Å². The Labute approximate surface area is 163 Å². The number of rotatable bonds is 5. The van der Waals surface area contributed by atoms with Gasteiger partial charge in [-0.25, -0.2) is 12.4 Å². The zero-order valence-electron chi connectivity index (χ0n) is 15.6. The first-order chi connectivity index (χ1) is 13.4. The van der Waals surface area contributed by atoms with Crippen molar-refractivity contribution in [3.05, 3.63) is 47.3 Å². The summed E-state index contributed by atoms with van der Waals surface area (Å²) in [6.45, 7) is 4.96. The fraction of sp³-hybridized carbons (Fsp3) is 0.421. The maximum Gasteiger partial charge on any atom is 0.273 e. The number of benzene rings is 1. The van der Waals surface area contributed by atoms with Gasteiger partial charge in [0.2, 0.25) is 0 Å². The molecule has 1 atom stereocenters. The van der Waals surface area contributed by atoms with Gasteiger partial charge in [0.15, 0.2) is 0 Å². The first-order valence-corrected chi connectivity index (χ1v) is 10.7. The van der Waals surface area contributed by atoms with Crippen LogP contribution in [0, 0.1) is 6.92 Å². The van der Waals surface area contributed by atoms with Crippen LogP contribution < -0.4 is 10.6 Å². The third kappa shape index (κ3) is 3.70. The fourth-order valence-electron chi connectivity index (χ4n) is 3.44. The van der Waals surface area contributed by atoms with Gasteiger partial charge in [0.25, 0.3) is 15.9 Å². The number of hydrogen-bond acceptors (Lipinski definition) is 6. The SMILES string of the molecule is Cc1cc2n(c1)S(=O)(=O)c1ccc(CNCC[C@H]3COCCO3)cc1NC2=O. The van der Waals surface area contributed by atoms with E-state index in [0.717, 1.165) is 22.5 Å². The van der Waals surface area contributed by atoms with Crippen molar-refractivity contribution < 1.29 is 22.7 Å². The van der Waals surface area contributed by atoms with Crippen LogP contribution in [0.15, 0.2) is 35.4 Å². The van der Waals surface area contributed by atoms with Crippen LogP contribution in [0.5, 0.6) is 0 Å². The molecule has 0 aliphatic carbocycles. The molecular weight excluding hydrogens is 382 g/mol. The zero-order valence-corrected chi connectivity index (χ0v) is 16.4. The molecule has 1 saturated heterocycles. The van der Waals surface area contributed by atoms with E-state index in [1.807, 2.05) is 0 Å². The van der Waals surface area contributed by atoms with Crippen molar-refractivity contribution in [3.8, 4) is 0 Å². The van der Waals surface area contributed by atoms with E-state index in [4.69, 9.17) is 9.47 Å². The summed E-state index contributed by atoms with van der Waals surface area (Å²) < 4.78 is 37.9. The number of fused-ring (bicyclic) bond motifs is 2. The minimum Gasteiger partial charge on any atom is -0.376 e. The highest BCUT2D eigenvalue weighted by atomic mass is 32.2. The van der Waals surface area contributed by atoms with E-state index in [0.29, 0.717) is 37.6 Å². The second-order valence-electron chi connectivity index (χ2n) is 7.02. The Morgan fingerprint density at radius 2 is 2.14 bits per heavy atom. The average Bonchev–Trinajstić information content (AvgIpc) is 3.06. The molecule has 150 valence electrons. The van der Waals surface area contributed by atoms with Crippen molar-refractivity contribution in [2.75, 3.05) is 31.7 Å². The Bertz CT molecular complexity index is 993. The maximum absolute atomic E-state index is 13.0. The van der Waals surface area contributed by atoms with E-state index >= 15 is 0 Å². The second-order valence-corrected chi connectivity index (χ2v) is 8.80. The Morgan fingerprint density at radius 1 is 1.29 bits per heavy atom. The molecule has 0 spiro atoms. The lowest BCUT2D eigenvalue weighted by atomic mass is 10.2. The van der Waals surface area contributed by atoms with Crippen LogP contribution in [0.3, 0.4) is 0 Å². The van der Waals surface area contributed by atoms with E-state index in [1.54, 1.807) is 31.2 Å². The number of amides is 1. The summed E-state index contributed by atoms with van der Waals surface area (Å²) in [6, 6.07) is 6.58. The summed E-state index contributed by atoms with van der Waals surface area (Å²) in [7, 11) is -3.82. The molecule has 2 aliphatic heterocycles. The number of carbonyl (C=O) groups excluding carboxylic acids is 1. The predicted molar refractivity (Wildman–Crippen MR) is 103 cm³/mol. The maximum atomic E-state index is 13.0. The van der Waals surface area contributed by atoms with Gasteiger partial charge in [-0.1, -0.05) is 6.07 Å². The Kier molecular flexibility index (Phi) is 5.24. The molecule has 2 N–H and O–H groups in total. The van der Waals surface area contributed by atoms with Crippen molar-refractivity contribution in [2.24, 2.45) is 0 Å². The number of anilines is 1. The summed E-state index contributed by atoms with van der Waals surface area (Å²) in [6.07, 6.45) is 2.41. The molecule has 9 heteroatoms. The summed E-state index contributed by atoms with van der Waals surface area (Å²) in [5.41, 5.74) is 2.01. The van der Waals surface area contributed by atoms with Gasteiger partial charge in [-0.15, -0.1) is 0 Å². The number of carbonyl (C=O) groups is 1. The number of aromatic nitrogens is 1. The summed E-state index contributed by atoms with van der Waals surface area (Å²) in [4.78, 5) is 12.6. The van der Waals surface area contributed by atoms with Crippen LogP contribution in [-0.4, -0.2) is 50.8 Å². The number of aryl methyl sites for hydroxylation is 1. The predicted octanol–water partition coefficient (Wildman–Crippen LogP) is 1.49. The van der Waals surface area contributed by atoms with Crippen LogP contribution >= 0.6 is 0 Å². The van der Waals surface area contributed by atoms with Gasteiger partial charge in [0, 0.05) is 12.7 Å². The smallest absolute Gasteiger partial charge is 0.273 e. The lowest BCUT2D eigenvalue weighted by molar-refractivity contribution is -0.0901. The van der Waals surface area contributed by atoms with Crippen molar-refractivity contribution in [3.63, 3.8) is 0 Å². The standard InChI is InChI=1S/C19H23N3O5S/c1-13-8-17-19(23)21-16-9-14(2-3-18(16)28(24,25)22(17)11-13)10-20-5-4-15-12-26-6-7-27-15/h2-3,8-9,11,15,20H,4-7,10,12H2,1H3,(H,21,23)/t15-/m0/s1. The minimum atomic E-state index is -3.82. The highest BCUT2D eigenvalue weighted by molar-refractivity contribution is 7.90. The second kappa shape index (κ2) is 7.67. The Morgan fingerprint density at radius 3 is 2.93 bits per heavy atom. The molecule has 0 bridgehead atoms. The monoisotopic (exact) mass is 405 g/mol. The van der Waals surface area contributed by atoms with Crippen molar-refractivity contribution in [1.29, 1.82) is 0 Å². The molecule has 1 aromatic carbocycles. The van der Waals surface area contributed by atoms with Gasteiger partial charge >= 0.3 is 0 Å². The molecule has 0 saturated carbocycles. The third-order valence-corrected chi connectivity index (χ3v) is 6.57. The van der Waals surface area contributed by atoms with E-state index in [-0.39, 0.29) is 16.7 Å². The lowest BCUT2D eigenvalue weighted by Crippen LogP contribution is -2.31. The summed E-state index contributed by atoms with van der Waals surface area (Å²) in [5.74, 6) is -0.435. The molecule has 8 nitrogen and oxygen atoms in total.